The number of aromatic nitrogens is 3. The number of aliphatic carboxylic acids is 1. The van der Waals surface area contributed by atoms with Crippen molar-refractivity contribution in [1.29, 1.82) is 0 Å². The zero-order valence-corrected chi connectivity index (χ0v) is 23.4. The van der Waals surface area contributed by atoms with Crippen LogP contribution in [0.1, 0.15) is 79.0 Å². The van der Waals surface area contributed by atoms with Crippen molar-refractivity contribution in [3.8, 4) is 0 Å². The summed E-state index contributed by atoms with van der Waals surface area (Å²) in [5.74, 6) is -0.867. The van der Waals surface area contributed by atoms with Crippen LogP contribution in [0.2, 0.25) is 0 Å². The fourth-order valence-electron chi connectivity index (χ4n) is 5.60. The Labute approximate surface area is 230 Å². The molecule has 2 N–H and O–H groups in total. The first-order valence-corrected chi connectivity index (χ1v) is 13.7. The summed E-state index contributed by atoms with van der Waals surface area (Å²) in [6, 6.07) is 20.1. The van der Waals surface area contributed by atoms with Gasteiger partial charge in [-0.2, -0.15) is 0 Å². The maximum Gasteiger partial charge on any atom is 0.304 e. The molecule has 1 heterocycles. The minimum atomic E-state index is -0.867. The van der Waals surface area contributed by atoms with Crippen LogP contribution in [-0.4, -0.2) is 37.8 Å². The van der Waals surface area contributed by atoms with Crippen LogP contribution in [-0.2, 0) is 28.1 Å². The summed E-state index contributed by atoms with van der Waals surface area (Å²) in [7, 11) is 0. The highest BCUT2D eigenvalue weighted by Gasteiger charge is 2.37. The number of ether oxygens (including phenoxy) is 1. The zero-order valence-electron chi connectivity index (χ0n) is 23.4. The first kappa shape index (κ1) is 28.5. The van der Waals surface area contributed by atoms with Crippen LogP contribution in [0.3, 0.4) is 0 Å². The van der Waals surface area contributed by atoms with E-state index in [2.05, 4.69) is 22.4 Å². The molecule has 2 atom stereocenters. The van der Waals surface area contributed by atoms with Gasteiger partial charge in [0.05, 0.1) is 24.6 Å². The second-order valence-corrected chi connectivity index (χ2v) is 10.4. The number of aliphatic hydroxyl groups is 1. The zero-order chi connectivity index (χ0) is 28.0. The molecule has 0 radical (unpaired) electrons. The van der Waals surface area contributed by atoms with Crippen LogP contribution >= 0.6 is 0 Å². The molecule has 0 amide bonds. The molecule has 206 valence electrons. The molecule has 0 spiro atoms. The van der Waals surface area contributed by atoms with Crippen molar-refractivity contribution in [2.45, 2.75) is 78.0 Å². The number of hydrogen-bond acceptors (Lipinski definition) is 5. The number of rotatable bonds is 13. The molecule has 0 aliphatic carbocycles. The topological polar surface area (TPSA) is 97.5 Å². The van der Waals surface area contributed by atoms with E-state index >= 15 is 0 Å². The molecule has 3 aromatic carbocycles. The SMILES string of the molecule is CCC(CC(=O)O)(c1ccc(C)c([C@H](C)O)c1)c1ccc2c(nnn2CCCCOCc2ccccc2)c1C. The Morgan fingerprint density at radius 3 is 2.54 bits per heavy atom. The van der Waals surface area contributed by atoms with Gasteiger partial charge in [-0.15, -0.1) is 5.10 Å². The van der Waals surface area contributed by atoms with Crippen LogP contribution in [0.25, 0.3) is 11.0 Å². The normalized spacial score (nSPS) is 13.9. The maximum atomic E-state index is 12.2. The quantitative estimate of drug-likeness (QED) is 0.198. The molecule has 0 saturated carbocycles. The Bertz CT molecular complexity index is 1410. The summed E-state index contributed by atoms with van der Waals surface area (Å²) >= 11 is 0. The van der Waals surface area contributed by atoms with Crippen molar-refractivity contribution < 1.29 is 19.7 Å². The standard InChI is InChI=1S/C32H39N3O4/c1-5-32(20-30(37)38,26-14-13-22(2)27(19-26)24(4)36)28-15-16-29-31(23(28)3)33-34-35(29)17-9-10-18-39-21-25-11-7-6-8-12-25/h6-8,11-16,19,24,36H,5,9-10,17-18,20-21H2,1-4H3,(H,37,38)/t24-,32?/m0/s1. The van der Waals surface area contributed by atoms with E-state index in [0.717, 1.165) is 58.2 Å². The minimum Gasteiger partial charge on any atom is -0.481 e. The predicted molar refractivity (Wildman–Crippen MR) is 153 cm³/mol. The number of benzene rings is 3. The summed E-state index contributed by atoms with van der Waals surface area (Å²) in [6.07, 6.45) is 1.72. The average molecular weight is 530 g/mol. The Morgan fingerprint density at radius 1 is 1.08 bits per heavy atom. The van der Waals surface area contributed by atoms with Gasteiger partial charge in [0.2, 0.25) is 0 Å². The smallest absolute Gasteiger partial charge is 0.304 e. The van der Waals surface area contributed by atoms with Crippen molar-refractivity contribution in [3.05, 3.63) is 94.0 Å². The van der Waals surface area contributed by atoms with Gasteiger partial charge in [0.1, 0.15) is 5.52 Å². The van der Waals surface area contributed by atoms with Crippen LogP contribution in [0, 0.1) is 13.8 Å². The molecule has 39 heavy (non-hydrogen) atoms. The lowest BCUT2D eigenvalue weighted by atomic mass is 9.68. The number of carboxylic acid groups (broad SMARTS) is 1. The van der Waals surface area contributed by atoms with E-state index < -0.39 is 17.5 Å². The van der Waals surface area contributed by atoms with Gasteiger partial charge >= 0.3 is 5.97 Å². The molecule has 1 aromatic heterocycles. The van der Waals surface area contributed by atoms with Crippen LogP contribution in [0.4, 0.5) is 0 Å². The van der Waals surface area contributed by atoms with Crippen molar-refractivity contribution >= 4 is 17.0 Å². The highest BCUT2D eigenvalue weighted by Crippen LogP contribution is 2.43. The lowest BCUT2D eigenvalue weighted by Gasteiger charge is -2.35. The third-order valence-electron chi connectivity index (χ3n) is 7.81. The summed E-state index contributed by atoms with van der Waals surface area (Å²) in [5.41, 5.74) is 6.69. The summed E-state index contributed by atoms with van der Waals surface area (Å²) in [5, 5.41) is 29.3. The van der Waals surface area contributed by atoms with E-state index in [-0.39, 0.29) is 6.42 Å². The van der Waals surface area contributed by atoms with Crippen molar-refractivity contribution in [2.75, 3.05) is 6.61 Å². The number of fused-ring (bicyclic) bond motifs is 1. The largest absolute Gasteiger partial charge is 0.481 e. The molecule has 0 bridgehead atoms. The molecule has 0 aliphatic rings. The second-order valence-electron chi connectivity index (χ2n) is 10.4. The second kappa shape index (κ2) is 12.5. The number of nitrogens with zero attached hydrogens (tertiary/aromatic N) is 3. The molecule has 7 heteroatoms. The van der Waals surface area contributed by atoms with Crippen molar-refractivity contribution in [3.63, 3.8) is 0 Å². The number of carboxylic acids is 1. The van der Waals surface area contributed by atoms with E-state index in [4.69, 9.17) is 4.74 Å². The van der Waals surface area contributed by atoms with Crippen LogP contribution in [0.5, 0.6) is 0 Å². The van der Waals surface area contributed by atoms with Gasteiger partial charge in [-0.1, -0.05) is 66.7 Å². The van der Waals surface area contributed by atoms with Gasteiger partial charge < -0.3 is 14.9 Å². The van der Waals surface area contributed by atoms with Gasteiger partial charge in [0, 0.05) is 18.6 Å². The minimum absolute atomic E-state index is 0.0602. The van der Waals surface area contributed by atoms with E-state index in [9.17, 15) is 15.0 Å². The number of unbranched alkanes of at least 4 members (excludes halogenated alkanes) is 1. The summed E-state index contributed by atoms with van der Waals surface area (Å²) in [6.45, 7) is 9.75. The molecule has 1 unspecified atom stereocenters. The Balaban J connectivity index is 1.56. The van der Waals surface area contributed by atoms with Gasteiger partial charge in [-0.25, -0.2) is 4.68 Å². The molecule has 7 nitrogen and oxygen atoms in total. The van der Waals surface area contributed by atoms with Crippen molar-refractivity contribution in [2.24, 2.45) is 0 Å². The highest BCUT2D eigenvalue weighted by molar-refractivity contribution is 5.81. The van der Waals surface area contributed by atoms with Crippen LogP contribution in [0.15, 0.2) is 60.7 Å². The highest BCUT2D eigenvalue weighted by atomic mass is 16.5. The lowest BCUT2D eigenvalue weighted by molar-refractivity contribution is -0.138. The van der Waals surface area contributed by atoms with Crippen LogP contribution < -0.4 is 0 Å². The maximum absolute atomic E-state index is 12.2. The van der Waals surface area contributed by atoms with Gasteiger partial charge in [0.15, 0.2) is 0 Å². The molecule has 4 rings (SSSR count). The lowest BCUT2D eigenvalue weighted by Crippen LogP contribution is -2.31. The van der Waals surface area contributed by atoms with E-state index in [1.807, 2.05) is 74.0 Å². The fraction of sp³-hybridized carbons (Fsp3) is 0.406. The molecule has 0 aliphatic heterocycles. The average Bonchev–Trinajstić information content (AvgIpc) is 3.34. The predicted octanol–water partition coefficient (Wildman–Crippen LogP) is 6.27. The molecular weight excluding hydrogens is 490 g/mol. The van der Waals surface area contributed by atoms with E-state index in [1.54, 1.807) is 6.92 Å². The number of aliphatic hydroxyl groups excluding tert-OH is 1. The third kappa shape index (κ3) is 6.21. The molecule has 0 fully saturated rings. The fourth-order valence-corrected chi connectivity index (χ4v) is 5.60. The summed E-state index contributed by atoms with van der Waals surface area (Å²) < 4.78 is 7.73. The van der Waals surface area contributed by atoms with E-state index in [0.29, 0.717) is 19.6 Å². The molecular formula is C32H39N3O4. The van der Waals surface area contributed by atoms with Gasteiger partial charge in [-0.05, 0) is 79.5 Å². The summed E-state index contributed by atoms with van der Waals surface area (Å²) in [4.78, 5) is 12.2. The third-order valence-corrected chi connectivity index (χ3v) is 7.81. The van der Waals surface area contributed by atoms with Gasteiger partial charge in [-0.3, -0.25) is 4.79 Å². The Kier molecular flexibility index (Phi) is 9.15. The molecule has 0 saturated heterocycles. The molecule has 4 aromatic rings. The van der Waals surface area contributed by atoms with Crippen molar-refractivity contribution in [1.82, 2.24) is 15.0 Å². The number of aryl methyl sites for hydroxylation is 3. The number of hydrogen-bond donors (Lipinski definition) is 2. The first-order chi connectivity index (χ1) is 18.8. The Morgan fingerprint density at radius 2 is 1.85 bits per heavy atom. The monoisotopic (exact) mass is 529 g/mol. The van der Waals surface area contributed by atoms with Gasteiger partial charge in [0.25, 0.3) is 0 Å². The Hall–Kier alpha value is -3.55. The van der Waals surface area contributed by atoms with E-state index in [1.165, 1.54) is 5.56 Å². The number of carbonyl (C=O) groups is 1. The first-order valence-electron chi connectivity index (χ1n) is 13.7.